The Morgan fingerprint density at radius 1 is 0.318 bits per heavy atom. The van der Waals surface area contributed by atoms with Crippen LogP contribution in [0.2, 0.25) is 0 Å². The summed E-state index contributed by atoms with van der Waals surface area (Å²) in [4.78, 5) is 24.6. The van der Waals surface area contributed by atoms with Crippen LogP contribution in [-0.2, 0) is 14.3 Å². The van der Waals surface area contributed by atoms with Crippen molar-refractivity contribution in [1.82, 2.24) is 5.32 Å². The maximum Gasteiger partial charge on any atom is 0.305 e. The summed E-state index contributed by atoms with van der Waals surface area (Å²) >= 11 is 0. The zero-order chi connectivity index (χ0) is 61.3. The summed E-state index contributed by atoms with van der Waals surface area (Å²) in [5.41, 5.74) is 0. The van der Waals surface area contributed by atoms with Crippen molar-refractivity contribution >= 4 is 11.9 Å². The molecule has 0 aromatic heterocycles. The van der Waals surface area contributed by atoms with E-state index in [0.29, 0.717) is 19.4 Å². The molecular weight excluding hydrogens is 1040 g/mol. The summed E-state index contributed by atoms with van der Waals surface area (Å²) in [7, 11) is 0. The first-order valence-electron chi connectivity index (χ1n) is 38.8. The Morgan fingerprint density at radius 3 is 0.835 bits per heavy atom. The molecule has 0 aromatic carbocycles. The molecule has 0 fully saturated rings. The largest absolute Gasteiger partial charge is 0.466 e. The molecule has 502 valence electrons. The van der Waals surface area contributed by atoms with E-state index >= 15 is 0 Å². The Hall–Kier alpha value is -1.92. The van der Waals surface area contributed by atoms with Crippen LogP contribution >= 0.6 is 0 Å². The highest BCUT2D eigenvalue weighted by atomic mass is 16.5. The molecule has 6 nitrogen and oxygen atoms in total. The Balaban J connectivity index is 3.40. The van der Waals surface area contributed by atoms with Crippen molar-refractivity contribution in [3.63, 3.8) is 0 Å². The molecule has 0 aliphatic rings. The number of esters is 1. The molecule has 3 N–H and O–H groups in total. The number of aliphatic hydroxyl groups is 2. The summed E-state index contributed by atoms with van der Waals surface area (Å²) in [5.74, 6) is -0.0545. The van der Waals surface area contributed by atoms with Crippen LogP contribution in [0.1, 0.15) is 431 Å². The first-order valence-corrected chi connectivity index (χ1v) is 38.8. The van der Waals surface area contributed by atoms with Crippen molar-refractivity contribution in [2.24, 2.45) is 0 Å². The van der Waals surface area contributed by atoms with Crippen LogP contribution in [0.3, 0.4) is 0 Å². The number of hydrogen-bond donors (Lipinski definition) is 3. The molecule has 2 atom stereocenters. The van der Waals surface area contributed by atoms with Gasteiger partial charge in [-0.1, -0.05) is 371 Å². The summed E-state index contributed by atoms with van der Waals surface area (Å²) < 4.78 is 5.50. The normalized spacial score (nSPS) is 12.7. The van der Waals surface area contributed by atoms with E-state index in [9.17, 15) is 19.8 Å². The number of ether oxygens (including phenoxy) is 1. The van der Waals surface area contributed by atoms with E-state index < -0.39 is 12.1 Å². The smallest absolute Gasteiger partial charge is 0.305 e. The number of carbonyl (C=O) groups excluding carboxylic acids is 2. The number of rotatable bonds is 73. The van der Waals surface area contributed by atoms with Gasteiger partial charge >= 0.3 is 5.97 Å². The monoisotopic (exact) mass is 1190 g/mol. The van der Waals surface area contributed by atoms with Crippen molar-refractivity contribution in [3.8, 4) is 0 Å². The number of carbonyl (C=O) groups is 2. The summed E-state index contributed by atoms with van der Waals surface area (Å²) in [6.07, 6.45) is 96.8. The minimum absolute atomic E-state index is 0.00886. The average Bonchev–Trinajstić information content (AvgIpc) is 3.51. The van der Waals surface area contributed by atoms with Crippen LogP contribution in [0.4, 0.5) is 0 Å². The number of allylic oxidation sites excluding steroid dienone is 5. The fourth-order valence-corrected chi connectivity index (χ4v) is 12.2. The summed E-state index contributed by atoms with van der Waals surface area (Å²) in [6, 6.07) is -0.630. The standard InChI is InChI=1S/C79H151NO5/c1-3-5-7-9-11-13-15-17-19-21-22-23-24-31-34-37-40-43-47-51-55-59-63-67-71-77(82)76(75-81)80-78(83)72-68-64-60-56-52-48-44-41-38-35-32-29-27-25-26-28-30-33-36-39-42-46-50-54-58-62-66-70-74-85-79(84)73-69-65-61-57-53-49-45-20-18-16-14-12-10-8-6-4-2/h20,25-26,45,67,71,76-77,81-82H,3-19,21-24,27-44,46-66,68-70,72-75H2,1-2H3,(H,80,83)/b26-25-,45-20-,71-67+. The van der Waals surface area contributed by atoms with Crippen LogP contribution in [0.5, 0.6) is 0 Å². The molecule has 2 unspecified atom stereocenters. The van der Waals surface area contributed by atoms with E-state index in [2.05, 4.69) is 43.5 Å². The Kier molecular flexibility index (Phi) is 72.9. The molecule has 0 aromatic rings. The minimum atomic E-state index is -0.846. The van der Waals surface area contributed by atoms with Crippen LogP contribution in [0.25, 0.3) is 0 Å². The Morgan fingerprint density at radius 2 is 0.553 bits per heavy atom. The number of hydrogen-bond acceptors (Lipinski definition) is 5. The maximum absolute atomic E-state index is 12.5. The van der Waals surface area contributed by atoms with Gasteiger partial charge in [0.05, 0.1) is 25.4 Å². The molecule has 0 radical (unpaired) electrons. The van der Waals surface area contributed by atoms with E-state index in [1.54, 1.807) is 6.08 Å². The third-order valence-corrected chi connectivity index (χ3v) is 18.1. The van der Waals surface area contributed by atoms with Gasteiger partial charge in [-0.15, -0.1) is 0 Å². The van der Waals surface area contributed by atoms with Crippen molar-refractivity contribution in [2.75, 3.05) is 13.2 Å². The fraction of sp³-hybridized carbons (Fsp3) is 0.899. The molecule has 0 aliphatic carbocycles. The summed E-state index contributed by atoms with van der Waals surface area (Å²) in [5, 5.41) is 23.3. The molecule has 85 heavy (non-hydrogen) atoms. The Bertz CT molecular complexity index is 1380. The highest BCUT2D eigenvalue weighted by molar-refractivity contribution is 5.76. The van der Waals surface area contributed by atoms with Gasteiger partial charge in [0.25, 0.3) is 0 Å². The van der Waals surface area contributed by atoms with Gasteiger partial charge in [0, 0.05) is 12.8 Å². The van der Waals surface area contributed by atoms with Crippen LogP contribution < -0.4 is 5.32 Å². The molecule has 0 spiro atoms. The van der Waals surface area contributed by atoms with Gasteiger partial charge in [0.1, 0.15) is 0 Å². The van der Waals surface area contributed by atoms with Crippen molar-refractivity contribution in [1.29, 1.82) is 0 Å². The van der Waals surface area contributed by atoms with Gasteiger partial charge < -0.3 is 20.3 Å². The minimum Gasteiger partial charge on any atom is -0.466 e. The van der Waals surface area contributed by atoms with Gasteiger partial charge in [-0.05, 0) is 83.5 Å². The molecule has 0 heterocycles. The predicted octanol–water partition coefficient (Wildman–Crippen LogP) is 25.4. The highest BCUT2D eigenvalue weighted by Crippen LogP contribution is 2.19. The SMILES string of the molecule is CCCCCCCCC/C=C\CCCCCCCC(=O)OCCCCCCCCCCCCCC/C=C\CCCCCCCCCCCCCCC(=O)NC(CO)C(O)/C=C/CCCCCCCCCCCCCCCCCCCCCCCC. The lowest BCUT2D eigenvalue weighted by Crippen LogP contribution is -2.45. The quantitative estimate of drug-likeness (QED) is 0.0320. The van der Waals surface area contributed by atoms with Gasteiger partial charge in [0.15, 0.2) is 0 Å². The van der Waals surface area contributed by atoms with Gasteiger partial charge in [0.2, 0.25) is 5.91 Å². The molecule has 1 amide bonds. The van der Waals surface area contributed by atoms with Crippen molar-refractivity contribution in [2.45, 2.75) is 443 Å². The van der Waals surface area contributed by atoms with E-state index in [-0.39, 0.29) is 18.5 Å². The molecule has 0 saturated carbocycles. The van der Waals surface area contributed by atoms with Crippen LogP contribution in [-0.4, -0.2) is 47.4 Å². The lowest BCUT2D eigenvalue weighted by Gasteiger charge is -2.20. The van der Waals surface area contributed by atoms with E-state index in [0.717, 1.165) is 44.9 Å². The number of nitrogens with one attached hydrogen (secondary N) is 1. The van der Waals surface area contributed by atoms with E-state index in [1.807, 2.05) is 6.08 Å². The fourth-order valence-electron chi connectivity index (χ4n) is 12.2. The van der Waals surface area contributed by atoms with Crippen LogP contribution in [0.15, 0.2) is 36.5 Å². The average molecular weight is 1200 g/mol. The van der Waals surface area contributed by atoms with Gasteiger partial charge in [-0.2, -0.15) is 0 Å². The zero-order valence-corrected chi connectivity index (χ0v) is 57.6. The first kappa shape index (κ1) is 83.1. The second-order valence-electron chi connectivity index (χ2n) is 26.7. The summed E-state index contributed by atoms with van der Waals surface area (Å²) in [6.45, 7) is 4.94. The number of aliphatic hydroxyl groups excluding tert-OH is 2. The molecule has 0 bridgehead atoms. The van der Waals surface area contributed by atoms with E-state index in [4.69, 9.17) is 4.74 Å². The zero-order valence-electron chi connectivity index (χ0n) is 57.6. The third-order valence-electron chi connectivity index (χ3n) is 18.1. The molecule has 0 aliphatic heterocycles. The molecular formula is C79H151NO5. The van der Waals surface area contributed by atoms with Gasteiger partial charge in [-0.25, -0.2) is 0 Å². The highest BCUT2D eigenvalue weighted by Gasteiger charge is 2.18. The van der Waals surface area contributed by atoms with Crippen molar-refractivity contribution < 1.29 is 24.5 Å². The first-order chi connectivity index (χ1) is 42.0. The van der Waals surface area contributed by atoms with E-state index in [1.165, 1.54) is 360 Å². The molecule has 0 rings (SSSR count). The molecule has 6 heteroatoms. The molecule has 0 saturated heterocycles. The van der Waals surface area contributed by atoms with Crippen LogP contribution in [0, 0.1) is 0 Å². The number of unbranched alkanes of at least 4 members (excludes halogenated alkanes) is 58. The predicted molar refractivity (Wildman–Crippen MR) is 375 cm³/mol. The van der Waals surface area contributed by atoms with Crippen molar-refractivity contribution in [3.05, 3.63) is 36.5 Å². The second-order valence-corrected chi connectivity index (χ2v) is 26.7. The Labute approximate surface area is 532 Å². The van der Waals surface area contributed by atoms with Gasteiger partial charge in [-0.3, -0.25) is 9.59 Å². The topological polar surface area (TPSA) is 95.9 Å². The number of amides is 1. The second kappa shape index (κ2) is 74.5. The lowest BCUT2D eigenvalue weighted by atomic mass is 10.0. The maximum atomic E-state index is 12.5. The third kappa shape index (κ3) is 71.0. The lowest BCUT2D eigenvalue weighted by molar-refractivity contribution is -0.143.